The fourth-order valence-corrected chi connectivity index (χ4v) is 3.41. The topological polar surface area (TPSA) is 154 Å². The minimum Gasteiger partial charge on any atom is -0.508 e. The maximum Gasteiger partial charge on any atom is 0.391 e. The SMILES string of the molecule is NCCCCCCNC(=O)C(F)c1cc(NC(=O)Cc2ccc(O)cc2)ccc1OP(O)O. The number of phenolic OH excluding ortho intramolecular Hbond substituents is 1. The summed E-state index contributed by atoms with van der Waals surface area (Å²) in [4.78, 5) is 43.0. The molecule has 0 aliphatic heterocycles. The summed E-state index contributed by atoms with van der Waals surface area (Å²) in [5.74, 6) is -1.43. The van der Waals surface area contributed by atoms with Crippen LogP contribution in [0.4, 0.5) is 10.1 Å². The van der Waals surface area contributed by atoms with Gasteiger partial charge in [0, 0.05) is 17.8 Å². The molecule has 0 aliphatic carbocycles. The van der Waals surface area contributed by atoms with Gasteiger partial charge < -0.3 is 35.8 Å². The number of carbonyl (C=O) groups excluding carboxylic acids is 2. The highest BCUT2D eigenvalue weighted by atomic mass is 31.2. The van der Waals surface area contributed by atoms with Crippen LogP contribution in [-0.4, -0.2) is 39.8 Å². The van der Waals surface area contributed by atoms with Gasteiger partial charge in [0.15, 0.2) is 0 Å². The van der Waals surface area contributed by atoms with E-state index in [-0.39, 0.29) is 35.7 Å². The molecular weight excluding hydrogens is 452 g/mol. The second kappa shape index (κ2) is 13.7. The highest BCUT2D eigenvalue weighted by molar-refractivity contribution is 7.39. The Bertz CT molecular complexity index is 914. The van der Waals surface area contributed by atoms with E-state index in [9.17, 15) is 28.9 Å². The Hall–Kier alpha value is -2.78. The van der Waals surface area contributed by atoms with Crippen molar-refractivity contribution in [3.8, 4) is 11.5 Å². The number of carbonyl (C=O) groups is 2. The molecular formula is C22H29FN3O6P. The fourth-order valence-electron chi connectivity index (χ4n) is 3.07. The number of hydrogen-bond donors (Lipinski definition) is 6. The molecule has 0 saturated carbocycles. The lowest BCUT2D eigenvalue weighted by molar-refractivity contribution is -0.126. The molecule has 11 heteroatoms. The van der Waals surface area contributed by atoms with E-state index in [1.54, 1.807) is 12.1 Å². The predicted molar refractivity (Wildman–Crippen MR) is 123 cm³/mol. The first-order valence-corrected chi connectivity index (χ1v) is 11.7. The molecule has 2 aromatic carbocycles. The lowest BCUT2D eigenvalue weighted by atomic mass is 10.1. The van der Waals surface area contributed by atoms with Crippen LogP contribution >= 0.6 is 8.60 Å². The monoisotopic (exact) mass is 481 g/mol. The number of benzene rings is 2. The molecule has 33 heavy (non-hydrogen) atoms. The molecule has 2 rings (SSSR count). The van der Waals surface area contributed by atoms with Gasteiger partial charge in [0.1, 0.15) is 11.5 Å². The zero-order valence-electron chi connectivity index (χ0n) is 18.0. The summed E-state index contributed by atoms with van der Waals surface area (Å²) in [6.07, 6.45) is 1.20. The van der Waals surface area contributed by atoms with Crippen molar-refractivity contribution >= 4 is 26.1 Å². The number of phenols is 1. The second-order valence-electron chi connectivity index (χ2n) is 7.34. The Kier molecular flexibility index (Phi) is 11.0. The number of anilines is 1. The Balaban J connectivity index is 2.05. The number of hydrogen-bond acceptors (Lipinski definition) is 7. The number of rotatable bonds is 13. The van der Waals surface area contributed by atoms with Crippen molar-refractivity contribution in [2.24, 2.45) is 5.73 Å². The van der Waals surface area contributed by atoms with E-state index in [0.29, 0.717) is 18.5 Å². The first-order valence-electron chi connectivity index (χ1n) is 10.5. The molecule has 0 heterocycles. The lowest BCUT2D eigenvalue weighted by Crippen LogP contribution is -2.28. The van der Waals surface area contributed by atoms with Crippen LogP contribution in [0.3, 0.4) is 0 Å². The predicted octanol–water partition coefficient (Wildman–Crippen LogP) is 2.81. The van der Waals surface area contributed by atoms with E-state index in [1.165, 1.54) is 30.3 Å². The largest absolute Gasteiger partial charge is 0.508 e. The summed E-state index contributed by atoms with van der Waals surface area (Å²) in [6.45, 7) is 0.886. The van der Waals surface area contributed by atoms with Crippen molar-refractivity contribution in [3.05, 3.63) is 53.6 Å². The molecule has 0 spiro atoms. The summed E-state index contributed by atoms with van der Waals surface area (Å²) < 4.78 is 19.8. The molecule has 9 nitrogen and oxygen atoms in total. The second-order valence-corrected chi connectivity index (χ2v) is 8.03. The highest BCUT2D eigenvalue weighted by Crippen LogP contribution is 2.37. The van der Waals surface area contributed by atoms with Gasteiger partial charge in [0.2, 0.25) is 12.1 Å². The fraction of sp³-hybridized carbons (Fsp3) is 0.364. The molecule has 2 amide bonds. The third kappa shape index (κ3) is 9.31. The molecule has 1 unspecified atom stereocenters. The molecule has 0 aromatic heterocycles. The number of halogens is 1. The Morgan fingerprint density at radius 1 is 1.06 bits per heavy atom. The zero-order valence-corrected chi connectivity index (χ0v) is 18.9. The van der Waals surface area contributed by atoms with Crippen LogP contribution in [0.5, 0.6) is 11.5 Å². The molecule has 0 saturated heterocycles. The van der Waals surface area contributed by atoms with Crippen molar-refractivity contribution < 1.29 is 33.4 Å². The summed E-state index contributed by atoms with van der Waals surface area (Å²) in [5, 5.41) is 14.4. The first-order chi connectivity index (χ1) is 15.8. The van der Waals surface area contributed by atoms with Gasteiger partial charge in [-0.1, -0.05) is 25.0 Å². The van der Waals surface area contributed by atoms with Crippen LogP contribution in [0.15, 0.2) is 42.5 Å². The van der Waals surface area contributed by atoms with E-state index in [2.05, 4.69) is 10.6 Å². The number of unbranched alkanes of at least 4 members (excludes halogenated alkanes) is 3. The van der Waals surface area contributed by atoms with Crippen LogP contribution in [-0.2, 0) is 16.0 Å². The Labute approximate surface area is 192 Å². The van der Waals surface area contributed by atoms with Crippen molar-refractivity contribution in [2.75, 3.05) is 18.4 Å². The summed E-state index contributed by atoms with van der Waals surface area (Å²) in [6, 6.07) is 9.97. The van der Waals surface area contributed by atoms with Gasteiger partial charge in [0.25, 0.3) is 5.91 Å². The zero-order chi connectivity index (χ0) is 24.2. The standard InChI is InChI=1S/C22H29FN3O6P/c23-21(22(29)25-12-4-2-1-3-11-24)18-14-16(7-10-19(18)32-33(30)31)26-20(28)13-15-5-8-17(27)9-6-15/h5-10,14,21,27,30-31H,1-4,11-13,24H2,(H,25,29)(H,26,28). The van der Waals surface area contributed by atoms with Crippen molar-refractivity contribution in [3.63, 3.8) is 0 Å². The Morgan fingerprint density at radius 3 is 2.42 bits per heavy atom. The summed E-state index contributed by atoms with van der Waals surface area (Å²) >= 11 is 0. The summed E-state index contributed by atoms with van der Waals surface area (Å²) in [7, 11) is -2.84. The van der Waals surface area contributed by atoms with Gasteiger partial charge in [-0.3, -0.25) is 9.59 Å². The van der Waals surface area contributed by atoms with E-state index in [4.69, 9.17) is 10.3 Å². The molecule has 0 bridgehead atoms. The third-order valence-corrected chi connectivity index (χ3v) is 5.07. The van der Waals surface area contributed by atoms with E-state index in [0.717, 1.165) is 19.3 Å². The van der Waals surface area contributed by atoms with Crippen molar-refractivity contribution in [1.82, 2.24) is 5.32 Å². The van der Waals surface area contributed by atoms with Crippen LogP contribution < -0.4 is 20.9 Å². The maximum atomic E-state index is 15.0. The number of amides is 2. The molecule has 2 aromatic rings. The van der Waals surface area contributed by atoms with Crippen LogP contribution in [0, 0.1) is 0 Å². The molecule has 0 aliphatic rings. The highest BCUT2D eigenvalue weighted by Gasteiger charge is 2.25. The molecule has 0 fully saturated rings. The number of nitrogens with one attached hydrogen (secondary N) is 2. The van der Waals surface area contributed by atoms with E-state index < -0.39 is 26.6 Å². The molecule has 180 valence electrons. The normalized spacial score (nSPS) is 11.8. The van der Waals surface area contributed by atoms with E-state index >= 15 is 0 Å². The quantitative estimate of drug-likeness (QED) is 0.190. The number of alkyl halides is 1. The van der Waals surface area contributed by atoms with Gasteiger partial charge in [-0.25, -0.2) is 4.39 Å². The minimum atomic E-state index is -2.84. The average molecular weight is 481 g/mol. The molecule has 7 N–H and O–H groups in total. The Morgan fingerprint density at radius 2 is 1.76 bits per heavy atom. The van der Waals surface area contributed by atoms with Gasteiger partial charge >= 0.3 is 8.60 Å². The maximum absolute atomic E-state index is 15.0. The average Bonchev–Trinajstić information content (AvgIpc) is 2.77. The number of nitrogens with two attached hydrogens (primary N) is 1. The van der Waals surface area contributed by atoms with E-state index in [1.807, 2.05) is 0 Å². The van der Waals surface area contributed by atoms with Gasteiger partial charge in [-0.05, 0) is 55.3 Å². The van der Waals surface area contributed by atoms with Crippen molar-refractivity contribution in [1.29, 1.82) is 0 Å². The lowest BCUT2D eigenvalue weighted by Gasteiger charge is -2.16. The van der Waals surface area contributed by atoms with Crippen molar-refractivity contribution in [2.45, 2.75) is 38.3 Å². The number of aromatic hydroxyl groups is 1. The van der Waals surface area contributed by atoms with Gasteiger partial charge in [-0.2, -0.15) is 0 Å². The van der Waals surface area contributed by atoms with Gasteiger partial charge in [0.05, 0.1) is 6.42 Å². The van der Waals surface area contributed by atoms with Crippen LogP contribution in [0.25, 0.3) is 0 Å². The smallest absolute Gasteiger partial charge is 0.391 e. The molecule has 1 atom stereocenters. The first kappa shape index (κ1) is 26.5. The van der Waals surface area contributed by atoms with Crippen LogP contribution in [0.2, 0.25) is 0 Å². The van der Waals surface area contributed by atoms with Crippen LogP contribution in [0.1, 0.15) is 43.0 Å². The minimum absolute atomic E-state index is 0.0101. The third-order valence-electron chi connectivity index (χ3n) is 4.71. The summed E-state index contributed by atoms with van der Waals surface area (Å²) in [5.41, 5.74) is 6.05. The molecule has 0 radical (unpaired) electrons. The van der Waals surface area contributed by atoms with Gasteiger partial charge in [-0.15, -0.1) is 0 Å².